The molecule has 0 aromatic rings. The van der Waals surface area contributed by atoms with Gasteiger partial charge in [0.2, 0.25) is 0 Å². The quantitative estimate of drug-likeness (QED) is 0.588. The fraction of sp³-hybridized carbons (Fsp3) is 1.00. The Balaban J connectivity index is 3.10. The first-order chi connectivity index (χ1) is 5.81. The SMILES string of the molecule is CSCCOS(=O)OCCSC. The van der Waals surface area contributed by atoms with Gasteiger partial charge in [-0.1, -0.05) is 0 Å². The summed E-state index contributed by atoms with van der Waals surface area (Å²) in [6.45, 7) is 0.958. The molecule has 0 spiro atoms. The maximum atomic E-state index is 10.8. The molecule has 0 atom stereocenters. The van der Waals surface area contributed by atoms with Gasteiger partial charge in [-0.2, -0.15) is 27.7 Å². The largest absolute Gasteiger partial charge is 0.304 e. The first kappa shape index (κ1) is 12.8. The van der Waals surface area contributed by atoms with Crippen molar-refractivity contribution in [3.05, 3.63) is 0 Å². The van der Waals surface area contributed by atoms with Gasteiger partial charge in [-0.25, -0.2) is 0 Å². The Bertz CT molecular complexity index is 109. The molecule has 0 radical (unpaired) electrons. The highest BCUT2D eigenvalue weighted by molar-refractivity contribution is 7.98. The summed E-state index contributed by atoms with van der Waals surface area (Å²) in [7, 11) is 0. The standard InChI is InChI=1S/C6H14O3S3/c1-10-5-3-8-12(7)9-4-6-11-2/h3-6H2,1-2H3. The lowest BCUT2D eigenvalue weighted by molar-refractivity contribution is 0.272. The van der Waals surface area contributed by atoms with Gasteiger partial charge in [0.1, 0.15) is 0 Å². The Morgan fingerprint density at radius 2 is 1.50 bits per heavy atom. The van der Waals surface area contributed by atoms with Crippen molar-refractivity contribution in [2.45, 2.75) is 0 Å². The summed E-state index contributed by atoms with van der Waals surface area (Å²) >= 11 is 1.76. The Hall–Kier alpha value is 0.770. The predicted molar refractivity (Wildman–Crippen MR) is 56.8 cm³/mol. The summed E-state index contributed by atoms with van der Waals surface area (Å²) < 4.78 is 20.5. The van der Waals surface area contributed by atoms with Gasteiger partial charge >= 0.3 is 11.4 Å². The van der Waals surface area contributed by atoms with Crippen molar-refractivity contribution < 1.29 is 12.6 Å². The van der Waals surface area contributed by atoms with E-state index in [1.807, 2.05) is 12.5 Å². The van der Waals surface area contributed by atoms with Gasteiger partial charge in [0.05, 0.1) is 13.2 Å². The van der Waals surface area contributed by atoms with Crippen LogP contribution in [0.1, 0.15) is 0 Å². The maximum absolute atomic E-state index is 10.8. The third-order valence-corrected chi connectivity index (χ3v) is 2.80. The number of rotatable bonds is 8. The van der Waals surface area contributed by atoms with Crippen LogP contribution < -0.4 is 0 Å². The monoisotopic (exact) mass is 230 g/mol. The second-order valence-electron chi connectivity index (χ2n) is 1.83. The van der Waals surface area contributed by atoms with Crippen molar-refractivity contribution >= 4 is 34.9 Å². The molecule has 0 heterocycles. The number of thioether (sulfide) groups is 2. The minimum absolute atomic E-state index is 0.479. The molecule has 0 aromatic carbocycles. The van der Waals surface area contributed by atoms with E-state index in [1.165, 1.54) is 0 Å². The lowest BCUT2D eigenvalue weighted by atomic mass is 10.9. The summed E-state index contributed by atoms with van der Waals surface area (Å²) in [6, 6.07) is 0. The molecule has 6 heteroatoms. The van der Waals surface area contributed by atoms with Gasteiger partial charge in [-0.05, 0) is 12.5 Å². The van der Waals surface area contributed by atoms with Crippen LogP contribution in [0.25, 0.3) is 0 Å². The number of hydrogen-bond acceptors (Lipinski definition) is 5. The Morgan fingerprint density at radius 3 is 1.83 bits per heavy atom. The molecule has 0 aromatic heterocycles. The van der Waals surface area contributed by atoms with E-state index in [1.54, 1.807) is 23.5 Å². The fourth-order valence-electron chi connectivity index (χ4n) is 0.405. The first-order valence-corrected chi connectivity index (χ1v) is 7.26. The lowest BCUT2D eigenvalue weighted by Gasteiger charge is -2.01. The van der Waals surface area contributed by atoms with Crippen molar-refractivity contribution in [1.29, 1.82) is 0 Å². The van der Waals surface area contributed by atoms with Crippen molar-refractivity contribution in [1.82, 2.24) is 0 Å². The van der Waals surface area contributed by atoms with Crippen molar-refractivity contribution in [2.24, 2.45) is 0 Å². The normalized spacial score (nSPS) is 10.9. The van der Waals surface area contributed by atoms with Gasteiger partial charge in [-0.3, -0.25) is 8.37 Å². The van der Waals surface area contributed by atoms with Crippen molar-refractivity contribution in [2.75, 3.05) is 37.2 Å². The van der Waals surface area contributed by atoms with Gasteiger partial charge < -0.3 is 0 Å². The molecule has 0 aliphatic rings. The minimum Gasteiger partial charge on any atom is -0.268 e. The molecule has 0 rings (SSSR count). The second-order valence-corrected chi connectivity index (χ2v) is 4.68. The van der Waals surface area contributed by atoms with Crippen LogP contribution in [0.2, 0.25) is 0 Å². The second kappa shape index (κ2) is 9.85. The average molecular weight is 230 g/mol. The smallest absolute Gasteiger partial charge is 0.268 e. The zero-order chi connectivity index (χ0) is 9.23. The molecule has 0 saturated heterocycles. The third kappa shape index (κ3) is 8.86. The maximum Gasteiger partial charge on any atom is 0.304 e. The molecular weight excluding hydrogens is 216 g/mol. The molecule has 0 fully saturated rings. The molecule has 12 heavy (non-hydrogen) atoms. The minimum atomic E-state index is -1.55. The van der Waals surface area contributed by atoms with Crippen LogP contribution in [0.3, 0.4) is 0 Å². The van der Waals surface area contributed by atoms with Crippen LogP contribution in [0.5, 0.6) is 0 Å². The molecule has 0 N–H and O–H groups in total. The van der Waals surface area contributed by atoms with E-state index >= 15 is 0 Å². The van der Waals surface area contributed by atoms with Gasteiger partial charge in [0, 0.05) is 11.5 Å². The van der Waals surface area contributed by atoms with E-state index in [9.17, 15) is 4.21 Å². The van der Waals surface area contributed by atoms with Gasteiger partial charge in [-0.15, -0.1) is 0 Å². The summed E-state index contributed by atoms with van der Waals surface area (Å²) in [5, 5.41) is 0. The molecule has 0 unspecified atom stereocenters. The Labute approximate surface area is 84.8 Å². The zero-order valence-electron chi connectivity index (χ0n) is 7.28. The fourth-order valence-corrected chi connectivity index (χ4v) is 1.62. The third-order valence-electron chi connectivity index (χ3n) is 0.934. The summed E-state index contributed by atoms with van der Waals surface area (Å²) in [4.78, 5) is 0. The van der Waals surface area contributed by atoms with Crippen molar-refractivity contribution in [3.8, 4) is 0 Å². The molecule has 0 saturated carbocycles. The van der Waals surface area contributed by atoms with Crippen LogP contribution in [0, 0.1) is 0 Å². The van der Waals surface area contributed by atoms with Crippen LogP contribution in [-0.4, -0.2) is 41.4 Å². The van der Waals surface area contributed by atoms with Gasteiger partial charge in [0.25, 0.3) is 0 Å². The van der Waals surface area contributed by atoms with E-state index in [-0.39, 0.29) is 0 Å². The summed E-state index contributed by atoms with van der Waals surface area (Å²) in [5.74, 6) is 1.69. The predicted octanol–water partition coefficient (Wildman–Crippen LogP) is 1.32. The van der Waals surface area contributed by atoms with Crippen LogP contribution in [0.4, 0.5) is 0 Å². The Morgan fingerprint density at radius 1 is 1.08 bits per heavy atom. The summed E-state index contributed by atoms with van der Waals surface area (Å²) in [5.41, 5.74) is 0. The zero-order valence-corrected chi connectivity index (χ0v) is 9.73. The number of hydrogen-bond donors (Lipinski definition) is 0. The van der Waals surface area contributed by atoms with E-state index in [0.29, 0.717) is 13.2 Å². The lowest BCUT2D eigenvalue weighted by Crippen LogP contribution is -2.06. The Kier molecular flexibility index (Phi) is 10.5. The van der Waals surface area contributed by atoms with Crippen LogP contribution >= 0.6 is 23.5 Å². The molecule has 74 valence electrons. The summed E-state index contributed by atoms with van der Waals surface area (Å²) in [6.07, 6.45) is 3.95. The van der Waals surface area contributed by atoms with E-state index in [0.717, 1.165) is 11.5 Å². The van der Waals surface area contributed by atoms with Gasteiger partial charge in [0.15, 0.2) is 0 Å². The topological polar surface area (TPSA) is 35.5 Å². The highest BCUT2D eigenvalue weighted by Crippen LogP contribution is 1.97. The first-order valence-electron chi connectivity index (χ1n) is 3.47. The highest BCUT2D eigenvalue weighted by Gasteiger charge is 1.98. The molecule has 0 amide bonds. The molecule has 0 bridgehead atoms. The van der Waals surface area contributed by atoms with Crippen molar-refractivity contribution in [3.63, 3.8) is 0 Å². The molecule has 0 aliphatic heterocycles. The van der Waals surface area contributed by atoms with E-state index in [4.69, 9.17) is 8.37 Å². The van der Waals surface area contributed by atoms with E-state index in [2.05, 4.69) is 0 Å². The molecule has 0 aliphatic carbocycles. The van der Waals surface area contributed by atoms with E-state index < -0.39 is 11.4 Å². The highest BCUT2D eigenvalue weighted by atomic mass is 32.2. The van der Waals surface area contributed by atoms with Crippen LogP contribution in [-0.2, 0) is 19.7 Å². The average Bonchev–Trinajstić information content (AvgIpc) is 2.06. The molecular formula is C6H14O3S3. The van der Waals surface area contributed by atoms with Crippen LogP contribution in [0.15, 0.2) is 0 Å². The molecule has 3 nitrogen and oxygen atoms in total.